The van der Waals surface area contributed by atoms with Crippen molar-refractivity contribution in [3.05, 3.63) is 33.3 Å². The van der Waals surface area contributed by atoms with Crippen molar-refractivity contribution in [3.8, 4) is 0 Å². The van der Waals surface area contributed by atoms with Crippen LogP contribution in [0, 0.1) is 10.1 Å². The zero-order valence-electron chi connectivity index (χ0n) is 10.1. The minimum absolute atomic E-state index is 0.0854. The topological polar surface area (TPSA) is 66.6 Å². The van der Waals surface area contributed by atoms with Crippen molar-refractivity contribution >= 4 is 23.0 Å². The fourth-order valence-corrected chi connectivity index (χ4v) is 2.64. The molecule has 2 rings (SSSR count). The number of nitro groups is 1. The van der Waals surface area contributed by atoms with Gasteiger partial charge in [0.1, 0.15) is 10.7 Å². The molecule has 0 bridgehead atoms. The van der Waals surface area contributed by atoms with E-state index < -0.39 is 10.5 Å². The first-order valence-corrected chi connectivity index (χ1v) is 6.25. The number of anilines is 1. The molecule has 0 aromatic heterocycles. The molecular formula is C12H15ClN2O3. The standard InChI is InChI=1S/C12H15ClN2O3/c1-2-6-12(16)7-14(8-12)10-5-3-4-9(13)11(10)15(17)18/h3-5,16H,2,6-8H2,1H3. The predicted molar refractivity (Wildman–Crippen MR) is 70.2 cm³/mol. The molecular weight excluding hydrogens is 256 g/mol. The van der Waals surface area contributed by atoms with Crippen LogP contribution in [0.4, 0.5) is 11.4 Å². The number of para-hydroxylation sites is 1. The highest BCUT2D eigenvalue weighted by Gasteiger charge is 2.42. The number of β-amino-alcohol motifs (C(OH)–C–C–N with tert-alkyl or cyclic N) is 1. The molecule has 0 radical (unpaired) electrons. The summed E-state index contributed by atoms with van der Waals surface area (Å²) in [6, 6.07) is 4.85. The van der Waals surface area contributed by atoms with Crippen LogP contribution in [0.15, 0.2) is 18.2 Å². The SMILES string of the molecule is CCCC1(O)CN(c2cccc(Cl)c2[N+](=O)[O-])C1. The summed E-state index contributed by atoms with van der Waals surface area (Å²) in [5.74, 6) is 0. The lowest BCUT2D eigenvalue weighted by Crippen LogP contribution is -2.62. The van der Waals surface area contributed by atoms with Crippen molar-refractivity contribution in [2.24, 2.45) is 0 Å². The van der Waals surface area contributed by atoms with Crippen molar-refractivity contribution in [2.45, 2.75) is 25.4 Å². The number of rotatable bonds is 4. The molecule has 1 saturated heterocycles. The lowest BCUT2D eigenvalue weighted by molar-refractivity contribution is -0.384. The van der Waals surface area contributed by atoms with Crippen LogP contribution in [0.2, 0.25) is 5.02 Å². The van der Waals surface area contributed by atoms with Gasteiger partial charge in [0.25, 0.3) is 0 Å². The zero-order chi connectivity index (χ0) is 13.3. The molecule has 0 atom stereocenters. The van der Waals surface area contributed by atoms with Gasteiger partial charge in [0.05, 0.1) is 10.5 Å². The van der Waals surface area contributed by atoms with Gasteiger partial charge in [-0.3, -0.25) is 10.1 Å². The van der Waals surface area contributed by atoms with Gasteiger partial charge in [-0.2, -0.15) is 0 Å². The van der Waals surface area contributed by atoms with Crippen LogP contribution in [0.1, 0.15) is 19.8 Å². The van der Waals surface area contributed by atoms with E-state index in [2.05, 4.69) is 0 Å². The molecule has 0 saturated carbocycles. The first kappa shape index (κ1) is 13.1. The molecule has 18 heavy (non-hydrogen) atoms. The highest BCUT2D eigenvalue weighted by Crippen LogP contribution is 2.39. The molecule has 5 nitrogen and oxygen atoms in total. The quantitative estimate of drug-likeness (QED) is 0.675. The van der Waals surface area contributed by atoms with Crippen LogP contribution in [-0.2, 0) is 0 Å². The summed E-state index contributed by atoms with van der Waals surface area (Å²) < 4.78 is 0. The average molecular weight is 271 g/mol. The van der Waals surface area contributed by atoms with Crippen molar-refractivity contribution in [1.29, 1.82) is 0 Å². The number of aliphatic hydroxyl groups is 1. The van der Waals surface area contributed by atoms with Crippen LogP contribution >= 0.6 is 11.6 Å². The largest absolute Gasteiger partial charge is 0.386 e. The molecule has 0 spiro atoms. The maximum absolute atomic E-state index is 11.0. The zero-order valence-corrected chi connectivity index (χ0v) is 10.9. The van der Waals surface area contributed by atoms with E-state index in [1.165, 1.54) is 6.07 Å². The monoisotopic (exact) mass is 270 g/mol. The van der Waals surface area contributed by atoms with E-state index in [-0.39, 0.29) is 10.7 Å². The molecule has 1 aromatic carbocycles. The van der Waals surface area contributed by atoms with E-state index in [0.717, 1.165) is 6.42 Å². The summed E-state index contributed by atoms with van der Waals surface area (Å²) in [5, 5.41) is 21.2. The molecule has 0 aliphatic carbocycles. The minimum Gasteiger partial charge on any atom is -0.386 e. The van der Waals surface area contributed by atoms with Gasteiger partial charge < -0.3 is 10.0 Å². The van der Waals surface area contributed by atoms with Gasteiger partial charge in [0.2, 0.25) is 0 Å². The van der Waals surface area contributed by atoms with E-state index in [1.807, 2.05) is 6.92 Å². The van der Waals surface area contributed by atoms with Crippen molar-refractivity contribution in [2.75, 3.05) is 18.0 Å². The van der Waals surface area contributed by atoms with Crippen molar-refractivity contribution < 1.29 is 10.0 Å². The molecule has 0 unspecified atom stereocenters. The van der Waals surface area contributed by atoms with E-state index in [4.69, 9.17) is 11.6 Å². The first-order valence-electron chi connectivity index (χ1n) is 5.87. The molecule has 1 aromatic rings. The number of nitrogens with zero attached hydrogens (tertiary/aromatic N) is 2. The van der Waals surface area contributed by atoms with Gasteiger partial charge in [-0.15, -0.1) is 0 Å². The third-order valence-corrected chi connectivity index (χ3v) is 3.48. The fourth-order valence-electron chi connectivity index (χ4n) is 2.40. The summed E-state index contributed by atoms with van der Waals surface area (Å²) in [6.45, 7) is 2.84. The summed E-state index contributed by atoms with van der Waals surface area (Å²) in [5.41, 5.74) is -0.323. The highest BCUT2D eigenvalue weighted by molar-refractivity contribution is 6.33. The van der Waals surface area contributed by atoms with Gasteiger partial charge in [-0.25, -0.2) is 0 Å². The van der Waals surface area contributed by atoms with Gasteiger partial charge in [0.15, 0.2) is 0 Å². The summed E-state index contributed by atoms with van der Waals surface area (Å²) >= 11 is 5.85. The molecule has 1 fully saturated rings. The first-order chi connectivity index (χ1) is 8.47. The van der Waals surface area contributed by atoms with Gasteiger partial charge in [0, 0.05) is 13.1 Å². The molecule has 1 aliphatic heterocycles. The predicted octanol–water partition coefficient (Wildman–Crippen LogP) is 2.60. The summed E-state index contributed by atoms with van der Waals surface area (Å²) in [4.78, 5) is 12.3. The second-order valence-corrected chi connectivity index (χ2v) is 5.10. The minimum atomic E-state index is -0.717. The van der Waals surface area contributed by atoms with Crippen LogP contribution in [0.5, 0.6) is 0 Å². The maximum Gasteiger partial charge on any atom is 0.310 e. The Kier molecular flexibility index (Phi) is 3.45. The van der Waals surface area contributed by atoms with Gasteiger partial charge in [-0.1, -0.05) is 31.0 Å². The Bertz CT molecular complexity index is 472. The fraction of sp³-hybridized carbons (Fsp3) is 0.500. The highest BCUT2D eigenvalue weighted by atomic mass is 35.5. The van der Waals surface area contributed by atoms with Crippen LogP contribution in [0.3, 0.4) is 0 Å². The Labute approximate surface area is 110 Å². The van der Waals surface area contributed by atoms with E-state index in [0.29, 0.717) is 25.2 Å². The van der Waals surface area contributed by atoms with Crippen LogP contribution in [0.25, 0.3) is 0 Å². The molecule has 98 valence electrons. The van der Waals surface area contributed by atoms with Gasteiger partial charge in [-0.05, 0) is 18.6 Å². The molecule has 1 N–H and O–H groups in total. The summed E-state index contributed by atoms with van der Waals surface area (Å²) in [7, 11) is 0. The van der Waals surface area contributed by atoms with Crippen molar-refractivity contribution in [3.63, 3.8) is 0 Å². The second-order valence-electron chi connectivity index (χ2n) is 4.70. The normalized spacial score (nSPS) is 17.4. The lowest BCUT2D eigenvalue weighted by Gasteiger charge is -2.47. The third-order valence-electron chi connectivity index (χ3n) is 3.17. The van der Waals surface area contributed by atoms with Gasteiger partial charge >= 0.3 is 5.69 Å². The Hall–Kier alpha value is -1.33. The van der Waals surface area contributed by atoms with Crippen LogP contribution < -0.4 is 4.90 Å². The Morgan fingerprint density at radius 2 is 2.22 bits per heavy atom. The molecule has 1 heterocycles. The third kappa shape index (κ3) is 2.28. The number of hydrogen-bond acceptors (Lipinski definition) is 4. The second kappa shape index (κ2) is 4.74. The van der Waals surface area contributed by atoms with Crippen LogP contribution in [-0.4, -0.2) is 28.7 Å². The van der Waals surface area contributed by atoms with E-state index in [1.54, 1.807) is 17.0 Å². The average Bonchev–Trinajstić information content (AvgIpc) is 2.25. The molecule has 0 amide bonds. The van der Waals surface area contributed by atoms with E-state index in [9.17, 15) is 15.2 Å². The van der Waals surface area contributed by atoms with E-state index >= 15 is 0 Å². The summed E-state index contributed by atoms with van der Waals surface area (Å²) in [6.07, 6.45) is 1.60. The maximum atomic E-state index is 11.0. The number of benzene rings is 1. The molecule has 6 heteroatoms. The number of hydrogen-bond donors (Lipinski definition) is 1. The Morgan fingerprint density at radius 1 is 1.56 bits per heavy atom. The lowest BCUT2D eigenvalue weighted by atomic mass is 9.88. The van der Waals surface area contributed by atoms with Crippen molar-refractivity contribution in [1.82, 2.24) is 0 Å². The number of nitro benzene ring substituents is 1. The number of halogens is 1. The smallest absolute Gasteiger partial charge is 0.310 e. The molecule has 1 aliphatic rings. The Balaban J connectivity index is 2.22. The Morgan fingerprint density at radius 3 is 2.78 bits per heavy atom.